The van der Waals surface area contributed by atoms with Crippen LogP contribution in [0.3, 0.4) is 0 Å². The minimum atomic E-state index is -0.314. The third-order valence-electron chi connectivity index (χ3n) is 4.78. The topological polar surface area (TPSA) is 40.5 Å². The number of hydrogen-bond donors (Lipinski definition) is 1. The Balaban J connectivity index is 1.76. The van der Waals surface area contributed by atoms with E-state index in [1.54, 1.807) is 0 Å². The number of aliphatic hydroxyl groups is 1. The van der Waals surface area contributed by atoms with Crippen molar-refractivity contribution in [2.24, 2.45) is 11.8 Å². The maximum Gasteiger partial charge on any atom is 0.222 e. The first-order valence-corrected chi connectivity index (χ1v) is 8.56. The first-order valence-electron chi connectivity index (χ1n) is 8.56. The fourth-order valence-corrected chi connectivity index (χ4v) is 3.22. The lowest BCUT2D eigenvalue weighted by Gasteiger charge is -2.34. The molecule has 3 heteroatoms. The zero-order chi connectivity index (χ0) is 15.9. The molecule has 1 heterocycles. The molecule has 1 aromatic rings. The minimum absolute atomic E-state index is 0.248. The van der Waals surface area contributed by atoms with Crippen molar-refractivity contribution in [3.8, 4) is 0 Å². The van der Waals surface area contributed by atoms with Crippen LogP contribution in [-0.4, -0.2) is 35.1 Å². The van der Waals surface area contributed by atoms with Gasteiger partial charge in [-0.3, -0.25) is 4.79 Å². The molecule has 122 valence electrons. The summed E-state index contributed by atoms with van der Waals surface area (Å²) in [6, 6.07) is 10.5. The highest BCUT2D eigenvalue weighted by atomic mass is 16.3. The van der Waals surface area contributed by atoms with Crippen LogP contribution in [0.2, 0.25) is 0 Å². The molecule has 0 spiro atoms. The molecule has 3 unspecified atom stereocenters. The summed E-state index contributed by atoms with van der Waals surface area (Å²) < 4.78 is 0. The number of likely N-dealkylation sites (tertiary alicyclic amines) is 1. The van der Waals surface area contributed by atoms with Gasteiger partial charge in [-0.1, -0.05) is 37.3 Å². The summed E-state index contributed by atoms with van der Waals surface area (Å²) in [5, 5.41) is 9.73. The van der Waals surface area contributed by atoms with Gasteiger partial charge in [0.1, 0.15) is 0 Å². The Bertz CT molecular complexity index is 458. The van der Waals surface area contributed by atoms with Gasteiger partial charge in [0.25, 0.3) is 0 Å². The summed E-state index contributed by atoms with van der Waals surface area (Å²) in [5.41, 5.74) is 1.34. The molecule has 22 heavy (non-hydrogen) atoms. The van der Waals surface area contributed by atoms with Crippen LogP contribution in [0.4, 0.5) is 0 Å². The average molecular weight is 303 g/mol. The number of carbonyl (C=O) groups is 1. The molecule has 3 nitrogen and oxygen atoms in total. The fourth-order valence-electron chi connectivity index (χ4n) is 3.22. The van der Waals surface area contributed by atoms with E-state index in [1.165, 1.54) is 5.56 Å². The van der Waals surface area contributed by atoms with Crippen LogP contribution in [-0.2, 0) is 11.2 Å². The second kappa shape index (κ2) is 8.33. The van der Waals surface area contributed by atoms with Gasteiger partial charge in [0.2, 0.25) is 5.91 Å². The van der Waals surface area contributed by atoms with Crippen LogP contribution in [0.1, 0.15) is 45.1 Å². The van der Waals surface area contributed by atoms with Gasteiger partial charge < -0.3 is 10.0 Å². The maximum absolute atomic E-state index is 12.4. The molecule has 0 aliphatic carbocycles. The molecule has 1 amide bonds. The summed E-state index contributed by atoms with van der Waals surface area (Å²) in [6.45, 7) is 5.58. The summed E-state index contributed by atoms with van der Waals surface area (Å²) >= 11 is 0. The number of benzene rings is 1. The van der Waals surface area contributed by atoms with Crippen molar-refractivity contribution in [3.05, 3.63) is 35.9 Å². The fraction of sp³-hybridized carbons (Fsp3) is 0.632. The smallest absolute Gasteiger partial charge is 0.222 e. The lowest BCUT2D eigenvalue weighted by Crippen LogP contribution is -2.43. The number of aliphatic hydroxyl groups excluding tert-OH is 1. The van der Waals surface area contributed by atoms with Crippen molar-refractivity contribution < 1.29 is 9.90 Å². The minimum Gasteiger partial charge on any atom is -0.393 e. The Morgan fingerprint density at radius 2 is 2.05 bits per heavy atom. The zero-order valence-electron chi connectivity index (χ0n) is 13.9. The number of aryl methyl sites for hydroxylation is 1. The van der Waals surface area contributed by atoms with E-state index in [1.807, 2.05) is 17.9 Å². The van der Waals surface area contributed by atoms with Crippen molar-refractivity contribution in [2.45, 2.75) is 52.1 Å². The summed E-state index contributed by atoms with van der Waals surface area (Å²) in [7, 11) is 0. The highest BCUT2D eigenvalue weighted by Gasteiger charge is 2.26. The van der Waals surface area contributed by atoms with Gasteiger partial charge in [-0.2, -0.15) is 0 Å². The quantitative estimate of drug-likeness (QED) is 0.876. The van der Waals surface area contributed by atoms with Crippen molar-refractivity contribution in [1.82, 2.24) is 4.90 Å². The van der Waals surface area contributed by atoms with Crippen LogP contribution in [0.5, 0.6) is 0 Å². The van der Waals surface area contributed by atoms with Gasteiger partial charge in [0, 0.05) is 25.4 Å². The van der Waals surface area contributed by atoms with Crippen LogP contribution in [0.25, 0.3) is 0 Å². The molecule has 0 saturated carbocycles. The molecule has 0 bridgehead atoms. The highest BCUT2D eigenvalue weighted by molar-refractivity contribution is 5.76. The van der Waals surface area contributed by atoms with Crippen molar-refractivity contribution in [1.29, 1.82) is 0 Å². The molecule has 1 aliphatic rings. The molecule has 1 aliphatic heterocycles. The van der Waals surface area contributed by atoms with E-state index < -0.39 is 0 Å². The van der Waals surface area contributed by atoms with Crippen molar-refractivity contribution >= 4 is 5.91 Å². The molecule has 1 aromatic carbocycles. The summed E-state index contributed by atoms with van der Waals surface area (Å²) in [4.78, 5) is 14.4. The van der Waals surface area contributed by atoms with E-state index in [0.29, 0.717) is 12.3 Å². The molecular weight excluding hydrogens is 274 g/mol. The van der Waals surface area contributed by atoms with Crippen LogP contribution >= 0.6 is 0 Å². The molecule has 1 fully saturated rings. The normalized spacial score (nSPS) is 21.4. The molecular formula is C19H29NO2. The van der Waals surface area contributed by atoms with Crippen LogP contribution < -0.4 is 0 Å². The van der Waals surface area contributed by atoms with Gasteiger partial charge in [0.15, 0.2) is 0 Å². The van der Waals surface area contributed by atoms with E-state index in [4.69, 9.17) is 0 Å². The summed E-state index contributed by atoms with van der Waals surface area (Å²) in [5.74, 6) is 0.905. The first-order chi connectivity index (χ1) is 10.6. The molecule has 1 N–H and O–H groups in total. The lowest BCUT2D eigenvalue weighted by atomic mass is 9.92. The largest absolute Gasteiger partial charge is 0.393 e. The van der Waals surface area contributed by atoms with Crippen LogP contribution in [0, 0.1) is 11.8 Å². The maximum atomic E-state index is 12.4. The second-order valence-corrected chi connectivity index (χ2v) is 6.82. The molecule has 0 radical (unpaired) electrons. The van der Waals surface area contributed by atoms with Gasteiger partial charge in [0.05, 0.1) is 6.10 Å². The zero-order valence-corrected chi connectivity index (χ0v) is 13.9. The second-order valence-electron chi connectivity index (χ2n) is 6.82. The average Bonchev–Trinajstić information content (AvgIpc) is 2.54. The number of nitrogens with zero attached hydrogens (tertiary/aromatic N) is 1. The Morgan fingerprint density at radius 1 is 1.32 bits per heavy atom. The van der Waals surface area contributed by atoms with E-state index in [0.717, 1.165) is 38.8 Å². The SMILES string of the molecule is CC(CCc1ccccc1)CC(=O)N1CCCC(C(C)O)C1. The molecule has 0 aromatic heterocycles. The molecule has 2 rings (SSSR count). The van der Waals surface area contributed by atoms with E-state index in [-0.39, 0.29) is 17.9 Å². The number of carbonyl (C=O) groups excluding carboxylic acids is 1. The Morgan fingerprint density at radius 3 is 2.73 bits per heavy atom. The van der Waals surface area contributed by atoms with Gasteiger partial charge >= 0.3 is 0 Å². The number of amides is 1. The third-order valence-corrected chi connectivity index (χ3v) is 4.78. The van der Waals surface area contributed by atoms with E-state index in [9.17, 15) is 9.90 Å². The van der Waals surface area contributed by atoms with Crippen molar-refractivity contribution in [2.75, 3.05) is 13.1 Å². The molecule has 1 saturated heterocycles. The Kier molecular flexibility index (Phi) is 6.44. The highest BCUT2D eigenvalue weighted by Crippen LogP contribution is 2.22. The Hall–Kier alpha value is -1.35. The lowest BCUT2D eigenvalue weighted by molar-refractivity contribution is -0.134. The van der Waals surface area contributed by atoms with Crippen LogP contribution in [0.15, 0.2) is 30.3 Å². The predicted octanol–water partition coefficient (Wildman–Crippen LogP) is 3.26. The monoisotopic (exact) mass is 303 g/mol. The van der Waals surface area contributed by atoms with Gasteiger partial charge in [-0.25, -0.2) is 0 Å². The first kappa shape index (κ1) is 17.0. The number of piperidine rings is 1. The van der Waals surface area contributed by atoms with E-state index >= 15 is 0 Å². The van der Waals surface area contributed by atoms with E-state index in [2.05, 4.69) is 31.2 Å². The third kappa shape index (κ3) is 5.13. The molecule has 3 atom stereocenters. The van der Waals surface area contributed by atoms with Gasteiger partial charge in [-0.05, 0) is 44.1 Å². The van der Waals surface area contributed by atoms with Crippen molar-refractivity contribution in [3.63, 3.8) is 0 Å². The summed E-state index contributed by atoms with van der Waals surface area (Å²) in [6.07, 6.45) is 4.44. The predicted molar refractivity (Wildman–Crippen MR) is 89.5 cm³/mol. The number of rotatable bonds is 6. The standard InChI is InChI=1S/C19H29NO2/c1-15(10-11-17-7-4-3-5-8-17)13-19(22)20-12-6-9-18(14-20)16(2)21/h3-5,7-8,15-16,18,21H,6,9-14H2,1-2H3. The Labute approximate surface area is 134 Å². The van der Waals surface area contributed by atoms with Gasteiger partial charge in [-0.15, -0.1) is 0 Å². The number of hydrogen-bond acceptors (Lipinski definition) is 2.